The number of hydrogen-bond donors (Lipinski definition) is 2. The summed E-state index contributed by atoms with van der Waals surface area (Å²) in [5.41, 5.74) is 0.456. The van der Waals surface area contributed by atoms with Crippen molar-refractivity contribution in [2.24, 2.45) is 4.99 Å². The lowest BCUT2D eigenvalue weighted by atomic mass is 10.2. The number of hydrogen-bond acceptors (Lipinski definition) is 5. The van der Waals surface area contributed by atoms with Crippen LogP contribution in [-0.4, -0.2) is 78.3 Å². The molecule has 1 saturated heterocycles. The van der Waals surface area contributed by atoms with Gasteiger partial charge in [-0.05, 0) is 64.8 Å². The largest absolute Gasteiger partial charge is 0.444 e. The first-order valence-corrected chi connectivity index (χ1v) is 11.4. The Labute approximate surface area is 187 Å². The van der Waals surface area contributed by atoms with Gasteiger partial charge >= 0.3 is 6.09 Å². The van der Waals surface area contributed by atoms with E-state index in [2.05, 4.69) is 32.4 Å². The molecule has 0 bridgehead atoms. The average molecular weight is 433 g/mol. The molecule has 1 aliphatic rings. The lowest BCUT2D eigenvalue weighted by molar-refractivity contribution is 0.0232. The zero-order valence-corrected chi connectivity index (χ0v) is 19.9. The third kappa shape index (κ3) is 9.12. The summed E-state index contributed by atoms with van der Waals surface area (Å²) in [6.07, 6.45) is 6.49. The third-order valence-electron chi connectivity index (χ3n) is 5.28. The number of nitrogens with one attached hydrogen (secondary N) is 2. The first-order valence-electron chi connectivity index (χ1n) is 11.4. The van der Waals surface area contributed by atoms with Crippen LogP contribution in [0.4, 0.5) is 4.79 Å². The smallest absolute Gasteiger partial charge is 0.410 e. The van der Waals surface area contributed by atoms with Gasteiger partial charge in [0, 0.05) is 45.1 Å². The maximum absolute atomic E-state index is 12.7. The zero-order valence-electron chi connectivity index (χ0n) is 19.9. The molecule has 2 N–H and O–H groups in total. The Hall–Kier alpha value is -2.35. The number of amides is 1. The van der Waals surface area contributed by atoms with E-state index in [1.807, 2.05) is 32.9 Å². The van der Waals surface area contributed by atoms with Crippen molar-refractivity contribution < 1.29 is 9.53 Å². The van der Waals surface area contributed by atoms with Gasteiger partial charge in [-0.15, -0.1) is 0 Å². The van der Waals surface area contributed by atoms with Gasteiger partial charge in [-0.3, -0.25) is 14.9 Å². The highest BCUT2D eigenvalue weighted by molar-refractivity contribution is 5.79. The maximum Gasteiger partial charge on any atom is 0.410 e. The molecule has 0 saturated carbocycles. The van der Waals surface area contributed by atoms with Crippen LogP contribution in [0.25, 0.3) is 0 Å². The molecular formula is C23H40N6O2. The molecule has 0 aromatic carbocycles. The van der Waals surface area contributed by atoms with E-state index in [9.17, 15) is 4.79 Å². The van der Waals surface area contributed by atoms with Crippen LogP contribution < -0.4 is 10.6 Å². The van der Waals surface area contributed by atoms with E-state index >= 15 is 0 Å². The van der Waals surface area contributed by atoms with Gasteiger partial charge in [0.05, 0.1) is 6.54 Å². The highest BCUT2D eigenvalue weighted by Gasteiger charge is 2.23. The second-order valence-corrected chi connectivity index (χ2v) is 8.92. The fourth-order valence-electron chi connectivity index (χ4n) is 3.73. The highest BCUT2D eigenvalue weighted by Crippen LogP contribution is 2.15. The van der Waals surface area contributed by atoms with Crippen molar-refractivity contribution in [3.05, 3.63) is 30.1 Å². The average Bonchev–Trinajstić information content (AvgIpc) is 3.19. The molecule has 1 aromatic heterocycles. The van der Waals surface area contributed by atoms with Crippen molar-refractivity contribution in [3.63, 3.8) is 0 Å². The summed E-state index contributed by atoms with van der Waals surface area (Å²) >= 11 is 0. The van der Waals surface area contributed by atoms with Gasteiger partial charge in [0.1, 0.15) is 5.60 Å². The zero-order chi connectivity index (χ0) is 22.7. The van der Waals surface area contributed by atoms with E-state index in [-0.39, 0.29) is 6.09 Å². The summed E-state index contributed by atoms with van der Waals surface area (Å²) in [7, 11) is 1.79. The van der Waals surface area contributed by atoms with Crippen LogP contribution in [0.1, 0.15) is 52.5 Å². The fraction of sp³-hybridized carbons (Fsp3) is 0.696. The molecule has 1 atom stereocenters. The number of likely N-dealkylation sites (tertiary alicyclic amines) is 1. The number of likely N-dealkylation sites (N-methyl/N-ethyl adjacent to an activating group) is 1. The Bertz CT molecular complexity index is 689. The number of rotatable bonds is 9. The van der Waals surface area contributed by atoms with E-state index in [1.165, 1.54) is 19.4 Å². The Morgan fingerprint density at radius 1 is 1.39 bits per heavy atom. The standard InChI is InChI=1S/C23H40N6O2/c1-6-28-14-8-11-20(28)17-27-21(24-5)26-13-9-15-29(22(30)31-23(2,3)4)18-19-10-7-12-25-16-19/h7,10,12,16,20H,6,8-9,11,13-15,17-18H2,1-5H3,(H2,24,26,27). The number of aromatic nitrogens is 1. The van der Waals surface area contributed by atoms with Crippen LogP contribution in [0.5, 0.6) is 0 Å². The van der Waals surface area contributed by atoms with Crippen molar-refractivity contribution >= 4 is 12.1 Å². The Morgan fingerprint density at radius 3 is 2.84 bits per heavy atom. The lowest BCUT2D eigenvalue weighted by Gasteiger charge is -2.27. The number of aliphatic imine (C=N–C) groups is 1. The summed E-state index contributed by atoms with van der Waals surface area (Å²) in [5, 5.41) is 6.80. The topological polar surface area (TPSA) is 82.1 Å². The van der Waals surface area contributed by atoms with Crippen molar-refractivity contribution in [1.29, 1.82) is 0 Å². The monoisotopic (exact) mass is 432 g/mol. The normalized spacial score (nSPS) is 17.5. The molecule has 2 heterocycles. The van der Waals surface area contributed by atoms with Crippen molar-refractivity contribution in [3.8, 4) is 0 Å². The summed E-state index contributed by atoms with van der Waals surface area (Å²) in [6, 6.07) is 4.42. The minimum atomic E-state index is -0.527. The van der Waals surface area contributed by atoms with Crippen LogP contribution in [0.2, 0.25) is 0 Å². The number of guanidine groups is 1. The van der Waals surface area contributed by atoms with Gasteiger partial charge < -0.3 is 20.3 Å². The van der Waals surface area contributed by atoms with Gasteiger partial charge in [0.2, 0.25) is 0 Å². The van der Waals surface area contributed by atoms with E-state index in [0.717, 1.165) is 31.0 Å². The van der Waals surface area contributed by atoms with Gasteiger partial charge in [-0.25, -0.2) is 4.79 Å². The second-order valence-electron chi connectivity index (χ2n) is 8.92. The van der Waals surface area contributed by atoms with Gasteiger partial charge in [-0.2, -0.15) is 0 Å². The molecule has 1 aliphatic heterocycles. The molecule has 0 radical (unpaired) electrons. The van der Waals surface area contributed by atoms with Gasteiger partial charge in [0.25, 0.3) is 0 Å². The summed E-state index contributed by atoms with van der Waals surface area (Å²) in [4.78, 5) is 25.4. The molecule has 174 valence electrons. The first kappa shape index (κ1) is 24.9. The molecule has 1 fully saturated rings. The second kappa shape index (κ2) is 12.5. The molecule has 0 aliphatic carbocycles. The minimum Gasteiger partial charge on any atom is -0.444 e. The van der Waals surface area contributed by atoms with E-state index in [4.69, 9.17) is 4.74 Å². The number of ether oxygens (including phenoxy) is 1. The molecule has 1 aromatic rings. The number of nitrogens with zero attached hydrogens (tertiary/aromatic N) is 4. The van der Waals surface area contributed by atoms with Crippen molar-refractivity contribution in [2.75, 3.05) is 39.8 Å². The fourth-order valence-corrected chi connectivity index (χ4v) is 3.73. The SMILES string of the molecule is CCN1CCCC1CNC(=NC)NCCCN(Cc1cccnc1)C(=O)OC(C)(C)C. The molecule has 0 spiro atoms. The van der Waals surface area contributed by atoms with Crippen LogP contribution in [0.3, 0.4) is 0 Å². The number of carbonyl (C=O) groups excluding carboxylic acids is 1. The van der Waals surface area contributed by atoms with Crippen LogP contribution in [-0.2, 0) is 11.3 Å². The summed E-state index contributed by atoms with van der Waals surface area (Å²) < 4.78 is 5.59. The summed E-state index contributed by atoms with van der Waals surface area (Å²) in [6.45, 7) is 12.8. The number of carbonyl (C=O) groups is 1. The Balaban J connectivity index is 1.81. The maximum atomic E-state index is 12.7. The van der Waals surface area contributed by atoms with Crippen molar-refractivity contribution in [2.45, 2.75) is 65.1 Å². The molecule has 2 rings (SSSR count). The molecule has 31 heavy (non-hydrogen) atoms. The van der Waals surface area contributed by atoms with Crippen LogP contribution >= 0.6 is 0 Å². The minimum absolute atomic E-state index is 0.306. The predicted octanol–water partition coefficient (Wildman–Crippen LogP) is 2.86. The van der Waals surface area contributed by atoms with Crippen LogP contribution in [0, 0.1) is 0 Å². The lowest BCUT2D eigenvalue weighted by Crippen LogP contribution is -2.45. The molecule has 8 nitrogen and oxygen atoms in total. The van der Waals surface area contributed by atoms with Crippen LogP contribution in [0.15, 0.2) is 29.5 Å². The van der Waals surface area contributed by atoms with Gasteiger partial charge in [0.15, 0.2) is 5.96 Å². The Kier molecular flexibility index (Phi) is 10.0. The Morgan fingerprint density at radius 2 is 2.19 bits per heavy atom. The van der Waals surface area contributed by atoms with E-state index < -0.39 is 5.60 Å². The third-order valence-corrected chi connectivity index (χ3v) is 5.28. The van der Waals surface area contributed by atoms with E-state index in [0.29, 0.717) is 25.7 Å². The van der Waals surface area contributed by atoms with E-state index in [1.54, 1.807) is 24.3 Å². The first-order chi connectivity index (χ1) is 14.8. The molecule has 1 amide bonds. The summed E-state index contributed by atoms with van der Waals surface area (Å²) in [5.74, 6) is 0.805. The molecule has 1 unspecified atom stereocenters. The van der Waals surface area contributed by atoms with Gasteiger partial charge in [-0.1, -0.05) is 13.0 Å². The molecular weight excluding hydrogens is 392 g/mol. The predicted molar refractivity (Wildman–Crippen MR) is 125 cm³/mol. The molecule has 8 heteroatoms. The number of pyridine rings is 1. The van der Waals surface area contributed by atoms with Crippen molar-refractivity contribution in [1.82, 2.24) is 25.4 Å². The highest BCUT2D eigenvalue weighted by atomic mass is 16.6. The quantitative estimate of drug-likeness (QED) is 0.355.